The zero-order valence-electron chi connectivity index (χ0n) is 10.4. The first-order valence-electron chi connectivity index (χ1n) is 5.44. The molecular formula is C12H13BrN2O2S2. The predicted molar refractivity (Wildman–Crippen MR) is 83.2 cm³/mol. The molecule has 0 aliphatic carbocycles. The van der Waals surface area contributed by atoms with Gasteiger partial charge in [0.2, 0.25) is 0 Å². The van der Waals surface area contributed by atoms with E-state index in [9.17, 15) is 8.42 Å². The minimum absolute atomic E-state index is 0.261. The predicted octanol–water partition coefficient (Wildman–Crippen LogP) is 3.51. The fourth-order valence-corrected chi connectivity index (χ4v) is 4.85. The largest absolute Gasteiger partial charge is 0.397 e. The number of nitrogens with one attached hydrogen (secondary N) is 1. The Morgan fingerprint density at radius 3 is 2.47 bits per heavy atom. The second kappa shape index (κ2) is 5.15. The van der Waals surface area contributed by atoms with Gasteiger partial charge in [-0.15, -0.1) is 11.3 Å². The molecule has 0 amide bonds. The Hall–Kier alpha value is -1.05. The van der Waals surface area contributed by atoms with Crippen molar-refractivity contribution in [2.45, 2.75) is 18.1 Å². The molecule has 0 unspecified atom stereocenters. The van der Waals surface area contributed by atoms with Crippen molar-refractivity contribution in [1.29, 1.82) is 0 Å². The fourth-order valence-electron chi connectivity index (χ4n) is 1.53. The summed E-state index contributed by atoms with van der Waals surface area (Å²) in [7, 11) is -3.59. The van der Waals surface area contributed by atoms with Crippen LogP contribution < -0.4 is 10.5 Å². The molecule has 0 saturated carbocycles. The molecule has 19 heavy (non-hydrogen) atoms. The van der Waals surface area contributed by atoms with Crippen molar-refractivity contribution in [2.75, 3.05) is 10.5 Å². The minimum Gasteiger partial charge on any atom is -0.397 e. The quantitative estimate of drug-likeness (QED) is 0.822. The van der Waals surface area contributed by atoms with Gasteiger partial charge in [0.25, 0.3) is 10.0 Å². The van der Waals surface area contributed by atoms with E-state index >= 15 is 0 Å². The summed E-state index contributed by atoms with van der Waals surface area (Å²) < 4.78 is 28.0. The smallest absolute Gasteiger partial charge is 0.271 e. The number of thiophene rings is 1. The van der Waals surface area contributed by atoms with Crippen molar-refractivity contribution in [3.05, 3.63) is 39.2 Å². The van der Waals surface area contributed by atoms with E-state index in [-0.39, 0.29) is 4.21 Å². The van der Waals surface area contributed by atoms with Gasteiger partial charge in [-0.05, 0) is 59.1 Å². The van der Waals surface area contributed by atoms with E-state index in [1.807, 2.05) is 19.9 Å². The lowest BCUT2D eigenvalue weighted by atomic mass is 10.2. The van der Waals surface area contributed by atoms with E-state index in [0.29, 0.717) is 11.4 Å². The number of benzene rings is 1. The third-order valence-corrected chi connectivity index (χ3v) is 6.53. The topological polar surface area (TPSA) is 72.2 Å². The molecule has 0 spiro atoms. The Labute approximate surface area is 124 Å². The zero-order chi connectivity index (χ0) is 14.2. The van der Waals surface area contributed by atoms with Crippen LogP contribution in [0.4, 0.5) is 11.4 Å². The number of nitrogen functional groups attached to an aromatic ring is 1. The third kappa shape index (κ3) is 3.10. The molecule has 0 atom stereocenters. The number of nitrogens with two attached hydrogens (primary N) is 1. The number of halogens is 1. The van der Waals surface area contributed by atoms with Crippen LogP contribution >= 0.6 is 27.3 Å². The molecule has 1 aromatic heterocycles. The third-order valence-electron chi connectivity index (χ3n) is 2.55. The van der Waals surface area contributed by atoms with E-state index in [1.54, 1.807) is 18.2 Å². The van der Waals surface area contributed by atoms with Gasteiger partial charge in [-0.2, -0.15) is 0 Å². The van der Waals surface area contributed by atoms with Crippen molar-refractivity contribution in [3.8, 4) is 0 Å². The van der Waals surface area contributed by atoms with Gasteiger partial charge in [0.05, 0.1) is 15.2 Å². The van der Waals surface area contributed by atoms with Crippen molar-refractivity contribution in [2.24, 2.45) is 0 Å². The lowest BCUT2D eigenvalue weighted by molar-refractivity contribution is 0.603. The van der Waals surface area contributed by atoms with Crippen LogP contribution in [0.2, 0.25) is 0 Å². The maximum absolute atomic E-state index is 12.2. The molecule has 1 heterocycles. The number of anilines is 2. The average Bonchev–Trinajstić information content (AvgIpc) is 2.64. The van der Waals surface area contributed by atoms with Crippen LogP contribution in [0.5, 0.6) is 0 Å². The lowest BCUT2D eigenvalue weighted by Crippen LogP contribution is -2.12. The SMILES string of the molecule is Cc1ccc(NS(=O)(=O)c2cc(C)c(Br)s2)c(N)c1. The standard InChI is InChI=1S/C12H13BrN2O2S2/c1-7-3-4-10(9(14)5-7)15-19(16,17)11-6-8(2)12(13)18-11/h3-6,15H,14H2,1-2H3. The molecule has 0 aliphatic rings. The molecule has 0 aliphatic heterocycles. The van der Waals surface area contributed by atoms with Crippen LogP contribution in [0.3, 0.4) is 0 Å². The monoisotopic (exact) mass is 360 g/mol. The highest BCUT2D eigenvalue weighted by Gasteiger charge is 2.19. The molecule has 2 rings (SSSR count). The molecular weight excluding hydrogens is 348 g/mol. The molecule has 102 valence electrons. The summed E-state index contributed by atoms with van der Waals surface area (Å²) in [5.41, 5.74) is 8.49. The second-order valence-electron chi connectivity index (χ2n) is 4.22. The number of aryl methyl sites for hydroxylation is 2. The first kappa shape index (κ1) is 14.4. The normalized spacial score (nSPS) is 11.5. The Morgan fingerprint density at radius 1 is 1.26 bits per heavy atom. The summed E-state index contributed by atoms with van der Waals surface area (Å²) >= 11 is 4.49. The molecule has 1 aromatic carbocycles. The van der Waals surface area contributed by atoms with E-state index < -0.39 is 10.0 Å². The maximum Gasteiger partial charge on any atom is 0.271 e. The summed E-state index contributed by atoms with van der Waals surface area (Å²) in [6, 6.07) is 6.83. The zero-order valence-corrected chi connectivity index (χ0v) is 13.6. The van der Waals surface area contributed by atoms with Crippen LogP contribution in [-0.2, 0) is 10.0 Å². The average molecular weight is 361 g/mol. The highest BCUT2D eigenvalue weighted by atomic mass is 79.9. The highest BCUT2D eigenvalue weighted by Crippen LogP contribution is 2.32. The van der Waals surface area contributed by atoms with E-state index in [0.717, 1.165) is 14.9 Å². The van der Waals surface area contributed by atoms with Crippen molar-refractivity contribution < 1.29 is 8.42 Å². The lowest BCUT2D eigenvalue weighted by Gasteiger charge is -2.09. The van der Waals surface area contributed by atoms with Gasteiger partial charge in [-0.1, -0.05) is 6.07 Å². The summed E-state index contributed by atoms with van der Waals surface area (Å²) in [6.45, 7) is 3.74. The first-order chi connectivity index (χ1) is 8.79. The van der Waals surface area contributed by atoms with Gasteiger partial charge in [0, 0.05) is 0 Å². The van der Waals surface area contributed by atoms with E-state index in [2.05, 4.69) is 20.7 Å². The minimum atomic E-state index is -3.59. The summed E-state index contributed by atoms with van der Waals surface area (Å²) in [4.78, 5) is 0. The molecule has 2 aromatic rings. The first-order valence-corrected chi connectivity index (χ1v) is 8.54. The van der Waals surface area contributed by atoms with Crippen LogP contribution in [0, 0.1) is 13.8 Å². The second-order valence-corrected chi connectivity index (χ2v) is 8.50. The summed E-state index contributed by atoms with van der Waals surface area (Å²) in [5, 5.41) is 0. The highest BCUT2D eigenvalue weighted by molar-refractivity contribution is 9.11. The Morgan fingerprint density at radius 2 is 1.95 bits per heavy atom. The molecule has 4 nitrogen and oxygen atoms in total. The Balaban J connectivity index is 2.36. The summed E-state index contributed by atoms with van der Waals surface area (Å²) in [6.07, 6.45) is 0. The van der Waals surface area contributed by atoms with Gasteiger partial charge in [-0.3, -0.25) is 4.72 Å². The van der Waals surface area contributed by atoms with Crippen LogP contribution in [0.1, 0.15) is 11.1 Å². The number of hydrogen-bond acceptors (Lipinski definition) is 4. The van der Waals surface area contributed by atoms with E-state index in [4.69, 9.17) is 5.73 Å². The molecule has 3 N–H and O–H groups in total. The maximum atomic E-state index is 12.2. The number of hydrogen-bond donors (Lipinski definition) is 2. The van der Waals surface area contributed by atoms with E-state index in [1.165, 1.54) is 11.3 Å². The number of rotatable bonds is 3. The van der Waals surface area contributed by atoms with Gasteiger partial charge in [0.1, 0.15) is 4.21 Å². The summed E-state index contributed by atoms with van der Waals surface area (Å²) in [5.74, 6) is 0. The molecule has 0 saturated heterocycles. The molecule has 0 fully saturated rings. The number of sulfonamides is 1. The Bertz CT molecular complexity index is 704. The van der Waals surface area contributed by atoms with Gasteiger partial charge in [-0.25, -0.2) is 8.42 Å². The van der Waals surface area contributed by atoms with Crippen LogP contribution in [-0.4, -0.2) is 8.42 Å². The van der Waals surface area contributed by atoms with Gasteiger partial charge < -0.3 is 5.73 Å². The molecule has 0 radical (unpaired) electrons. The molecule has 0 bridgehead atoms. The van der Waals surface area contributed by atoms with Crippen molar-refractivity contribution in [1.82, 2.24) is 0 Å². The van der Waals surface area contributed by atoms with Gasteiger partial charge >= 0.3 is 0 Å². The van der Waals surface area contributed by atoms with Crippen molar-refractivity contribution in [3.63, 3.8) is 0 Å². The van der Waals surface area contributed by atoms with Crippen LogP contribution in [0.25, 0.3) is 0 Å². The Kier molecular flexibility index (Phi) is 3.89. The fraction of sp³-hybridized carbons (Fsp3) is 0.167. The van der Waals surface area contributed by atoms with Crippen molar-refractivity contribution >= 4 is 48.7 Å². The van der Waals surface area contributed by atoms with Crippen LogP contribution in [0.15, 0.2) is 32.3 Å². The molecule has 7 heteroatoms. The van der Waals surface area contributed by atoms with Gasteiger partial charge in [0.15, 0.2) is 0 Å².